The molecule has 0 fully saturated rings. The Morgan fingerprint density at radius 1 is 0.976 bits per heavy atom. The number of nitrogens with zero attached hydrogens (tertiary/aromatic N) is 3. The lowest BCUT2D eigenvalue weighted by molar-refractivity contribution is -0.384. The number of nitro benzene ring substituents is 1. The molecule has 0 saturated carbocycles. The van der Waals surface area contributed by atoms with Gasteiger partial charge < -0.3 is 10.2 Å². The maximum atomic E-state index is 14.1. The van der Waals surface area contributed by atoms with Gasteiger partial charge in [0, 0.05) is 31.6 Å². The van der Waals surface area contributed by atoms with Crippen LogP contribution in [0, 0.1) is 17.0 Å². The van der Waals surface area contributed by atoms with E-state index in [0.29, 0.717) is 12.1 Å². The van der Waals surface area contributed by atoms with Gasteiger partial charge in [0.2, 0.25) is 21.8 Å². The first kappa shape index (κ1) is 31.3. The van der Waals surface area contributed by atoms with Crippen LogP contribution < -0.4 is 9.62 Å². The summed E-state index contributed by atoms with van der Waals surface area (Å²) in [7, 11) is -4.04. The molecular weight excluding hydrogens is 544 g/mol. The maximum absolute atomic E-state index is 14.1. The van der Waals surface area contributed by atoms with E-state index in [0.717, 1.165) is 40.6 Å². The number of aryl methyl sites for hydroxylation is 1. The highest BCUT2D eigenvalue weighted by atomic mass is 32.2. The van der Waals surface area contributed by atoms with Crippen LogP contribution in [0.2, 0.25) is 0 Å². The highest BCUT2D eigenvalue weighted by Crippen LogP contribution is 2.28. The standard InChI is InChI=1S/C30H36N4O6S/c1-4-5-18-31-30(36)28(19-24-12-8-6-9-13-24)32(21-25-14-10-7-11-15-25)29(35)22-33(41(3,39)40)27-20-26(34(37)38)17-16-23(27)2/h6-17,20,28H,4-5,18-19,21-22H2,1-3H3,(H,31,36)/t28-/m1/s1. The zero-order valence-electron chi connectivity index (χ0n) is 23.5. The Balaban J connectivity index is 2.06. The summed E-state index contributed by atoms with van der Waals surface area (Å²) in [5.41, 5.74) is 1.77. The van der Waals surface area contributed by atoms with Crippen LogP contribution in [0.4, 0.5) is 11.4 Å². The largest absolute Gasteiger partial charge is 0.354 e. The number of hydrogen-bond donors (Lipinski definition) is 1. The van der Waals surface area contributed by atoms with Crippen LogP contribution in [-0.2, 0) is 32.6 Å². The molecule has 1 atom stereocenters. The third kappa shape index (κ3) is 8.87. The normalized spacial score (nSPS) is 11.9. The van der Waals surface area contributed by atoms with Crippen molar-refractivity contribution < 1.29 is 22.9 Å². The Kier molecular flexibility index (Phi) is 11.0. The van der Waals surface area contributed by atoms with Gasteiger partial charge in [-0.15, -0.1) is 0 Å². The summed E-state index contributed by atoms with van der Waals surface area (Å²) in [5.74, 6) is -0.958. The fourth-order valence-corrected chi connectivity index (χ4v) is 5.31. The summed E-state index contributed by atoms with van der Waals surface area (Å²) in [4.78, 5) is 39.9. The number of amides is 2. The molecule has 218 valence electrons. The van der Waals surface area contributed by atoms with E-state index >= 15 is 0 Å². The SMILES string of the molecule is CCCCNC(=O)[C@@H](Cc1ccccc1)N(Cc1ccccc1)C(=O)CN(c1cc([N+](=O)[O-])ccc1C)S(C)(=O)=O. The van der Waals surface area contributed by atoms with Crippen molar-refractivity contribution in [2.24, 2.45) is 0 Å². The van der Waals surface area contributed by atoms with Crippen LogP contribution in [0.25, 0.3) is 0 Å². The zero-order chi connectivity index (χ0) is 30.0. The number of non-ortho nitro benzene ring substituents is 1. The molecule has 0 radical (unpaired) electrons. The second kappa shape index (κ2) is 14.4. The molecule has 11 heteroatoms. The fraction of sp³-hybridized carbons (Fsp3) is 0.333. The third-order valence-electron chi connectivity index (χ3n) is 6.65. The minimum absolute atomic E-state index is 0.0294. The maximum Gasteiger partial charge on any atom is 0.271 e. The third-order valence-corrected chi connectivity index (χ3v) is 7.77. The van der Waals surface area contributed by atoms with E-state index in [9.17, 15) is 28.1 Å². The van der Waals surface area contributed by atoms with E-state index in [1.165, 1.54) is 17.0 Å². The Hall–Kier alpha value is -4.25. The van der Waals surface area contributed by atoms with Crippen LogP contribution >= 0.6 is 0 Å². The van der Waals surface area contributed by atoms with Gasteiger partial charge in [-0.25, -0.2) is 8.42 Å². The van der Waals surface area contributed by atoms with E-state index in [1.807, 2.05) is 67.6 Å². The molecule has 2 amide bonds. The molecule has 0 spiro atoms. The molecule has 10 nitrogen and oxygen atoms in total. The zero-order valence-corrected chi connectivity index (χ0v) is 24.3. The molecule has 0 heterocycles. The number of rotatable bonds is 14. The van der Waals surface area contributed by atoms with Crippen molar-refractivity contribution in [1.82, 2.24) is 10.2 Å². The smallest absolute Gasteiger partial charge is 0.271 e. The lowest BCUT2D eigenvalue weighted by Gasteiger charge is -2.33. The summed E-state index contributed by atoms with van der Waals surface area (Å²) >= 11 is 0. The first-order valence-electron chi connectivity index (χ1n) is 13.4. The molecule has 3 aromatic carbocycles. The molecule has 0 bridgehead atoms. The predicted molar refractivity (Wildman–Crippen MR) is 159 cm³/mol. The number of anilines is 1. The quantitative estimate of drug-likeness (QED) is 0.173. The number of hydrogen-bond acceptors (Lipinski definition) is 6. The summed E-state index contributed by atoms with van der Waals surface area (Å²) in [6.45, 7) is 3.48. The number of nitrogens with one attached hydrogen (secondary N) is 1. The first-order chi connectivity index (χ1) is 19.5. The van der Waals surface area contributed by atoms with Gasteiger partial charge in [-0.2, -0.15) is 0 Å². The van der Waals surface area contributed by atoms with Gasteiger partial charge in [0.05, 0.1) is 16.9 Å². The van der Waals surface area contributed by atoms with Crippen molar-refractivity contribution >= 4 is 33.2 Å². The number of nitro groups is 1. The van der Waals surface area contributed by atoms with Crippen molar-refractivity contribution in [3.05, 3.63) is 106 Å². The van der Waals surface area contributed by atoms with Gasteiger partial charge in [-0.1, -0.05) is 80.1 Å². The highest BCUT2D eigenvalue weighted by Gasteiger charge is 2.33. The molecule has 3 aromatic rings. The molecule has 0 aromatic heterocycles. The number of benzene rings is 3. The average molecular weight is 581 g/mol. The van der Waals surface area contributed by atoms with E-state index in [2.05, 4.69) is 5.32 Å². The minimum Gasteiger partial charge on any atom is -0.354 e. The molecule has 1 N–H and O–H groups in total. The Labute approximate surface area is 241 Å². The molecule has 3 rings (SSSR count). The van der Waals surface area contributed by atoms with E-state index in [4.69, 9.17) is 0 Å². The second-order valence-corrected chi connectivity index (χ2v) is 11.8. The van der Waals surface area contributed by atoms with Crippen LogP contribution in [0.1, 0.15) is 36.5 Å². The van der Waals surface area contributed by atoms with Gasteiger partial charge in [-0.3, -0.25) is 24.0 Å². The number of carbonyl (C=O) groups excluding carboxylic acids is 2. The second-order valence-electron chi connectivity index (χ2n) is 9.85. The summed E-state index contributed by atoms with van der Waals surface area (Å²) in [6, 6.07) is 21.4. The summed E-state index contributed by atoms with van der Waals surface area (Å²) in [6.07, 6.45) is 2.80. The van der Waals surface area contributed by atoms with Crippen molar-refractivity contribution in [2.75, 3.05) is 23.7 Å². The summed E-state index contributed by atoms with van der Waals surface area (Å²) in [5, 5.41) is 14.4. The van der Waals surface area contributed by atoms with Gasteiger partial charge in [-0.05, 0) is 30.0 Å². The van der Waals surface area contributed by atoms with Crippen LogP contribution in [0.15, 0.2) is 78.9 Å². The van der Waals surface area contributed by atoms with Gasteiger partial charge in [0.25, 0.3) is 5.69 Å². The number of sulfonamides is 1. The monoisotopic (exact) mass is 580 g/mol. The number of unbranched alkanes of at least 4 members (excludes halogenated alkanes) is 1. The first-order valence-corrected chi connectivity index (χ1v) is 15.2. The topological polar surface area (TPSA) is 130 Å². The molecule has 0 aliphatic carbocycles. The molecule has 0 aliphatic rings. The molecular formula is C30H36N4O6S. The summed E-state index contributed by atoms with van der Waals surface area (Å²) < 4.78 is 26.8. The van der Waals surface area contributed by atoms with E-state index in [1.54, 1.807) is 6.92 Å². The van der Waals surface area contributed by atoms with Gasteiger partial charge in [0.15, 0.2) is 0 Å². The van der Waals surface area contributed by atoms with Crippen molar-refractivity contribution in [3.63, 3.8) is 0 Å². The molecule has 0 aliphatic heterocycles. The van der Waals surface area contributed by atoms with Gasteiger partial charge in [0.1, 0.15) is 12.6 Å². The van der Waals surface area contributed by atoms with Crippen molar-refractivity contribution in [3.8, 4) is 0 Å². The molecule has 0 saturated heterocycles. The lowest BCUT2D eigenvalue weighted by Crippen LogP contribution is -2.53. The van der Waals surface area contributed by atoms with Gasteiger partial charge >= 0.3 is 0 Å². The number of carbonyl (C=O) groups is 2. The van der Waals surface area contributed by atoms with E-state index < -0.39 is 33.4 Å². The highest BCUT2D eigenvalue weighted by molar-refractivity contribution is 7.92. The van der Waals surface area contributed by atoms with Crippen molar-refractivity contribution in [1.29, 1.82) is 0 Å². The lowest BCUT2D eigenvalue weighted by atomic mass is 10.0. The average Bonchev–Trinajstić information content (AvgIpc) is 2.94. The van der Waals surface area contributed by atoms with Crippen LogP contribution in [0.5, 0.6) is 0 Å². The molecule has 41 heavy (non-hydrogen) atoms. The molecule has 0 unspecified atom stereocenters. The van der Waals surface area contributed by atoms with Crippen molar-refractivity contribution in [2.45, 2.75) is 45.7 Å². The predicted octanol–water partition coefficient (Wildman–Crippen LogP) is 4.23. The van der Waals surface area contributed by atoms with E-state index in [-0.39, 0.29) is 30.2 Å². The Morgan fingerprint density at radius 3 is 2.15 bits per heavy atom. The Morgan fingerprint density at radius 2 is 1.59 bits per heavy atom. The van der Waals surface area contributed by atoms with Crippen LogP contribution in [0.3, 0.4) is 0 Å². The fourth-order valence-electron chi connectivity index (χ4n) is 4.42. The van der Waals surface area contributed by atoms with Crippen LogP contribution in [-0.4, -0.2) is 55.4 Å². The Bertz CT molecular complexity index is 1450. The minimum atomic E-state index is -4.04.